The minimum Gasteiger partial charge on any atom is -0.331 e. The van der Waals surface area contributed by atoms with Crippen LogP contribution in [0.15, 0.2) is 0 Å². The Morgan fingerprint density at radius 2 is 1.81 bits per heavy atom. The zero-order chi connectivity index (χ0) is 19.3. The topological polar surface area (TPSA) is 79.7 Å². The fourth-order valence-electron chi connectivity index (χ4n) is 4.44. The smallest absolute Gasteiger partial charge is 0.319 e. The Kier molecular flexibility index (Phi) is 7.27. The van der Waals surface area contributed by atoms with Crippen molar-refractivity contribution in [1.29, 1.82) is 5.26 Å². The molecule has 0 bridgehead atoms. The molecule has 0 aromatic carbocycles. The Balaban J connectivity index is 0.00000117. The van der Waals surface area contributed by atoms with Gasteiger partial charge in [0.2, 0.25) is 5.91 Å². The van der Waals surface area contributed by atoms with Gasteiger partial charge in [-0.25, -0.2) is 4.79 Å². The third-order valence-corrected chi connectivity index (χ3v) is 5.67. The first kappa shape index (κ1) is 20.5. The molecule has 3 aliphatic rings. The molecule has 7 nitrogen and oxygen atoms in total. The third-order valence-electron chi connectivity index (χ3n) is 5.67. The van der Waals surface area contributed by atoms with E-state index in [0.29, 0.717) is 31.0 Å². The number of rotatable bonds is 3. The van der Waals surface area contributed by atoms with E-state index in [0.717, 1.165) is 38.8 Å². The molecule has 2 aliphatic heterocycles. The lowest BCUT2D eigenvalue weighted by molar-refractivity contribution is -0.130. The van der Waals surface area contributed by atoms with Crippen molar-refractivity contribution in [2.24, 2.45) is 11.8 Å². The summed E-state index contributed by atoms with van der Waals surface area (Å²) in [5, 5.41) is 12.5. The van der Waals surface area contributed by atoms with E-state index in [1.54, 1.807) is 23.9 Å². The summed E-state index contributed by atoms with van der Waals surface area (Å²) in [4.78, 5) is 29.6. The Morgan fingerprint density at radius 3 is 2.35 bits per heavy atom. The molecule has 1 N–H and O–H groups in total. The molecule has 0 radical (unpaired) electrons. The van der Waals surface area contributed by atoms with E-state index in [1.165, 1.54) is 0 Å². The maximum Gasteiger partial charge on any atom is 0.319 e. The van der Waals surface area contributed by atoms with Crippen LogP contribution in [0.5, 0.6) is 0 Å². The van der Waals surface area contributed by atoms with Gasteiger partial charge in [-0.2, -0.15) is 5.26 Å². The van der Waals surface area contributed by atoms with E-state index in [-0.39, 0.29) is 18.0 Å². The highest BCUT2D eigenvalue weighted by Crippen LogP contribution is 2.38. The van der Waals surface area contributed by atoms with Gasteiger partial charge in [-0.3, -0.25) is 4.79 Å². The van der Waals surface area contributed by atoms with Gasteiger partial charge in [0.25, 0.3) is 0 Å². The van der Waals surface area contributed by atoms with Crippen molar-refractivity contribution < 1.29 is 9.59 Å². The van der Waals surface area contributed by atoms with E-state index in [1.807, 2.05) is 18.7 Å². The van der Waals surface area contributed by atoms with Gasteiger partial charge in [-0.15, -0.1) is 0 Å². The number of carbonyl (C=O) groups excluding carboxylic acids is 2. The summed E-state index contributed by atoms with van der Waals surface area (Å²) in [7, 11) is 3.58. The van der Waals surface area contributed by atoms with Gasteiger partial charge in [0, 0.05) is 39.8 Å². The molecule has 2 heterocycles. The van der Waals surface area contributed by atoms with Crippen LogP contribution in [-0.4, -0.2) is 79.0 Å². The third kappa shape index (κ3) is 4.47. The summed E-state index contributed by atoms with van der Waals surface area (Å²) in [5.41, 5.74) is 0. The Bertz CT molecular complexity index is 531. The van der Waals surface area contributed by atoms with Crippen molar-refractivity contribution >= 4 is 11.9 Å². The molecule has 0 aromatic heterocycles. The van der Waals surface area contributed by atoms with Crippen LogP contribution in [0.1, 0.15) is 39.5 Å². The van der Waals surface area contributed by atoms with Crippen LogP contribution in [0.3, 0.4) is 0 Å². The largest absolute Gasteiger partial charge is 0.331 e. The highest BCUT2D eigenvalue weighted by molar-refractivity contribution is 5.79. The highest BCUT2D eigenvalue weighted by atomic mass is 16.2. The number of fused-ring (bicyclic) bond motifs is 1. The molecule has 2 unspecified atom stereocenters. The number of urea groups is 1. The number of nitrogens with zero attached hydrogens (tertiary/aromatic N) is 4. The van der Waals surface area contributed by atoms with Crippen molar-refractivity contribution in [2.75, 3.05) is 40.3 Å². The predicted molar refractivity (Wildman–Crippen MR) is 100 cm³/mol. The lowest BCUT2D eigenvalue weighted by Gasteiger charge is -2.24. The van der Waals surface area contributed by atoms with Crippen LogP contribution < -0.4 is 5.32 Å². The number of likely N-dealkylation sites (tertiary alicyclic amines) is 2. The maximum absolute atomic E-state index is 12.3. The number of hydrogen-bond acceptors (Lipinski definition) is 4. The highest BCUT2D eigenvalue weighted by Gasteiger charge is 2.42. The molecule has 3 amide bonds. The van der Waals surface area contributed by atoms with Gasteiger partial charge in [0.05, 0.1) is 12.6 Å². The average molecular weight is 364 g/mol. The molecule has 1 saturated carbocycles. The average Bonchev–Trinajstić information content (AvgIpc) is 3.34. The second-order valence-corrected chi connectivity index (χ2v) is 7.53. The van der Waals surface area contributed by atoms with E-state index < -0.39 is 0 Å². The molecule has 0 spiro atoms. The molecule has 0 aromatic rings. The zero-order valence-electron chi connectivity index (χ0n) is 16.6. The second kappa shape index (κ2) is 9.22. The molecule has 3 rings (SSSR count). The summed E-state index contributed by atoms with van der Waals surface area (Å²) in [6.07, 6.45) is 3.77. The molecular formula is C19H33N5O2. The van der Waals surface area contributed by atoms with Gasteiger partial charge in [-0.1, -0.05) is 13.8 Å². The minimum absolute atomic E-state index is 0.0421. The van der Waals surface area contributed by atoms with Gasteiger partial charge >= 0.3 is 6.03 Å². The summed E-state index contributed by atoms with van der Waals surface area (Å²) in [5.74, 6) is 1.13. The van der Waals surface area contributed by atoms with Gasteiger partial charge in [0.1, 0.15) is 6.04 Å². The first-order valence-electron chi connectivity index (χ1n) is 9.88. The molecule has 7 heteroatoms. The maximum atomic E-state index is 12.3. The second-order valence-electron chi connectivity index (χ2n) is 7.53. The van der Waals surface area contributed by atoms with Crippen LogP contribution in [0.4, 0.5) is 4.79 Å². The van der Waals surface area contributed by atoms with E-state index >= 15 is 0 Å². The number of nitriles is 1. The summed E-state index contributed by atoms with van der Waals surface area (Å²) >= 11 is 0. The molecule has 3 fully saturated rings. The molecule has 146 valence electrons. The summed E-state index contributed by atoms with van der Waals surface area (Å²) in [6.45, 7) is 6.69. The standard InChI is InChI=1S/C17H27N5O2.C2H6/c1-20(2)17(24)21-10-12-6-14(7-13(12)11-21)19-9-16(23)22-5-3-4-15(22)8-18;1-2/h12-15,19H,3-7,9-11H2,1-2H3;1-2H3/t12-,13+,14?,15?;. The van der Waals surface area contributed by atoms with Crippen LogP contribution in [0.2, 0.25) is 0 Å². The van der Waals surface area contributed by atoms with Crippen LogP contribution in [0.25, 0.3) is 0 Å². The van der Waals surface area contributed by atoms with Gasteiger partial charge in [-0.05, 0) is 37.5 Å². The molecular weight excluding hydrogens is 330 g/mol. The van der Waals surface area contributed by atoms with Gasteiger partial charge in [0.15, 0.2) is 0 Å². The van der Waals surface area contributed by atoms with Crippen LogP contribution >= 0.6 is 0 Å². The van der Waals surface area contributed by atoms with E-state index in [9.17, 15) is 9.59 Å². The number of carbonyl (C=O) groups is 2. The van der Waals surface area contributed by atoms with E-state index in [4.69, 9.17) is 5.26 Å². The van der Waals surface area contributed by atoms with Crippen LogP contribution in [0, 0.1) is 23.2 Å². The van der Waals surface area contributed by atoms with E-state index in [2.05, 4.69) is 11.4 Å². The monoisotopic (exact) mass is 363 g/mol. The number of hydrogen-bond donors (Lipinski definition) is 1. The Hall–Kier alpha value is -1.81. The van der Waals surface area contributed by atoms with Crippen molar-refractivity contribution in [3.8, 4) is 6.07 Å². The van der Waals surface area contributed by atoms with Crippen molar-refractivity contribution in [1.82, 2.24) is 20.0 Å². The predicted octanol–water partition coefficient (Wildman–Crippen LogP) is 1.51. The summed E-state index contributed by atoms with van der Waals surface area (Å²) in [6, 6.07) is 2.42. The molecule has 4 atom stereocenters. The van der Waals surface area contributed by atoms with Crippen molar-refractivity contribution in [3.05, 3.63) is 0 Å². The lowest BCUT2D eigenvalue weighted by atomic mass is 10.0. The van der Waals surface area contributed by atoms with Gasteiger partial charge < -0.3 is 20.0 Å². The fraction of sp³-hybridized carbons (Fsp3) is 0.842. The Morgan fingerprint density at radius 1 is 1.19 bits per heavy atom. The molecule has 26 heavy (non-hydrogen) atoms. The number of nitrogens with one attached hydrogen (secondary N) is 1. The van der Waals surface area contributed by atoms with Crippen molar-refractivity contribution in [2.45, 2.75) is 51.6 Å². The first-order chi connectivity index (χ1) is 12.5. The quantitative estimate of drug-likeness (QED) is 0.824. The van der Waals surface area contributed by atoms with Crippen molar-refractivity contribution in [3.63, 3.8) is 0 Å². The minimum atomic E-state index is -0.243. The molecule has 1 aliphatic carbocycles. The SMILES string of the molecule is CC.CN(C)C(=O)N1C[C@H]2CC(NCC(=O)N3CCCC3C#N)C[C@H]2C1. The van der Waals surface area contributed by atoms with Crippen LogP contribution in [-0.2, 0) is 4.79 Å². The lowest BCUT2D eigenvalue weighted by Crippen LogP contribution is -2.43. The fourth-order valence-corrected chi connectivity index (χ4v) is 4.44. The molecule has 2 saturated heterocycles. The zero-order valence-corrected chi connectivity index (χ0v) is 16.6. The first-order valence-corrected chi connectivity index (χ1v) is 9.88. The number of amides is 3. The Labute approximate surface area is 157 Å². The summed E-state index contributed by atoms with van der Waals surface area (Å²) < 4.78 is 0. The normalized spacial score (nSPS) is 29.7.